The van der Waals surface area contributed by atoms with Crippen molar-refractivity contribution in [1.29, 1.82) is 0 Å². The third kappa shape index (κ3) is 30.3. The Hall–Kier alpha value is -7.56. The first-order valence-electron chi connectivity index (χ1n) is 30.9. The third-order valence-electron chi connectivity index (χ3n) is 14.2. The van der Waals surface area contributed by atoms with Gasteiger partial charge >= 0.3 is 12.1 Å². The van der Waals surface area contributed by atoms with E-state index in [0.29, 0.717) is 151 Å². The molecule has 1 aliphatic rings. The zero-order chi connectivity index (χ0) is 68.2. The van der Waals surface area contributed by atoms with Gasteiger partial charge in [-0.3, -0.25) is 38.0 Å². The quantitative estimate of drug-likeness (QED) is 0.0127. The number of hydrogen-bond acceptors (Lipinski definition) is 22. The topological polar surface area (TPSA) is 387 Å². The largest absolute Gasteiger partial charge is 0.507 e. The molecule has 2 unspecified atom stereocenters. The molecule has 1 saturated heterocycles. The third-order valence-corrected chi connectivity index (χ3v) is 18.4. The van der Waals surface area contributed by atoms with E-state index < -0.39 is 25.5 Å². The van der Waals surface area contributed by atoms with Gasteiger partial charge < -0.3 is 49.9 Å². The van der Waals surface area contributed by atoms with Crippen molar-refractivity contribution in [2.24, 2.45) is 10.8 Å². The van der Waals surface area contributed by atoms with E-state index in [1.807, 2.05) is 15.6 Å². The van der Waals surface area contributed by atoms with Crippen LogP contribution in [0, 0.1) is 0 Å². The Balaban J connectivity index is 0.000000429. The highest BCUT2D eigenvalue weighted by molar-refractivity contribution is 9.10. The normalized spacial score (nSPS) is 13.1. The average Bonchev–Trinajstić information content (AvgIpc) is 3.15. The number of piperazine rings is 1. The Labute approximate surface area is 546 Å². The van der Waals surface area contributed by atoms with Gasteiger partial charge in [-0.1, -0.05) is 42.6 Å². The second-order valence-corrected chi connectivity index (χ2v) is 26.2. The van der Waals surface area contributed by atoms with Crippen LogP contribution in [0.4, 0.5) is 16.7 Å². The van der Waals surface area contributed by atoms with Crippen molar-refractivity contribution < 1.29 is 62.2 Å². The summed E-state index contributed by atoms with van der Waals surface area (Å²) >= 11 is 3.37. The summed E-state index contributed by atoms with van der Waals surface area (Å²) in [5, 5.41) is 24.8. The Kier molecular flexibility index (Phi) is 36.4. The zero-order valence-electron chi connectivity index (χ0n) is 54.7. The molecule has 0 radical (unpaired) electrons. The number of ketones is 5. The number of amides is 3. The molecule has 5 rings (SSSR count). The van der Waals surface area contributed by atoms with Crippen LogP contribution in [0.5, 0.6) is 11.8 Å². The highest BCUT2D eigenvalue weighted by Gasteiger charge is 2.37. The summed E-state index contributed by atoms with van der Waals surface area (Å²) < 4.78 is 36.2. The van der Waals surface area contributed by atoms with Crippen molar-refractivity contribution >= 4 is 93.0 Å². The van der Waals surface area contributed by atoms with Crippen LogP contribution in [0.3, 0.4) is 0 Å². The number of anilines is 2. The molecule has 32 heteroatoms. The lowest BCUT2D eigenvalue weighted by Crippen LogP contribution is -2.47. The highest BCUT2D eigenvalue weighted by Crippen LogP contribution is 2.51. The molecule has 2 atom stereocenters. The number of carbonyl (C=O) groups excluding carboxylic acids is 8. The minimum atomic E-state index is -3.01. The van der Waals surface area contributed by atoms with Crippen LogP contribution in [0.15, 0.2) is 40.0 Å². The van der Waals surface area contributed by atoms with E-state index in [1.54, 1.807) is 66.8 Å². The standard InChI is InChI=1S/C30H39BrN6O6.C26H47N8O6P.C4H7N3O/c1-20(38)14-18-37-19-23(34-35-37)10-11-24(40)7-5-4-6-16-32-30(42)43-27(15-17-36(3)21(2)39)25-12-8-22-9-13-26(41)28(31)29(22)33-25;1-6-7-8-10-22(36)11-9-16-39-17-18-40-26-29-24(32(5)19-23(27)37)28-25(30-26)33-12-14-34(15-13-33)41(38,31(3)4)20-21(2)35;1-4(8)2-3-6-7-5/h8-9,12-13,19,27,41H,4-7,10-11,14-18H2,1-3H3,(H,32,42);6-20H2,1-5H3,(H2,27,37);2-3H2,1H3. The number of carbonyl (C=O) groups is 8. The number of primary amides is 1. The maximum atomic E-state index is 13.6. The number of aromatic nitrogens is 7. The summed E-state index contributed by atoms with van der Waals surface area (Å²) in [4.78, 5) is 118. The molecule has 3 amide bonds. The van der Waals surface area contributed by atoms with Crippen molar-refractivity contribution in [3.05, 3.63) is 56.8 Å². The monoisotopic (exact) mass is 1370 g/mol. The van der Waals surface area contributed by atoms with E-state index in [-0.39, 0.29) is 78.4 Å². The van der Waals surface area contributed by atoms with E-state index in [1.165, 1.54) is 32.6 Å². The first kappa shape index (κ1) is 78.7. The zero-order valence-corrected chi connectivity index (χ0v) is 57.2. The van der Waals surface area contributed by atoms with Crippen molar-refractivity contribution in [3.63, 3.8) is 0 Å². The molecule has 4 N–H and O–H groups in total. The fraction of sp³-hybridized carbons (Fsp3) is 0.633. The molecule has 0 saturated carbocycles. The SMILES string of the molecule is CC(=O)CCN=[N+]=[N-].CC(=O)CCn1cc(CCC(=O)CCCCCNC(=O)OC(CCN(C)C(C)=O)c2ccc3ccc(O)c(Br)c3n2)nn1.CCCCCC(=O)CCCOCCOc1nc(N(C)CC(N)=O)nc(N2CCN(P(=O)(CC(C)=O)N(C)C)CC2)n1. The molecular weight excluding hydrogens is 1280 g/mol. The smallest absolute Gasteiger partial charge is 0.407 e. The van der Waals surface area contributed by atoms with Crippen molar-refractivity contribution in [3.8, 4) is 11.8 Å². The lowest BCUT2D eigenvalue weighted by atomic mass is 10.1. The van der Waals surface area contributed by atoms with Crippen LogP contribution in [-0.4, -0.2) is 208 Å². The van der Waals surface area contributed by atoms with Crippen LogP contribution in [0.1, 0.15) is 142 Å². The number of aryl methyl sites for hydroxylation is 2. The molecule has 3 aromatic heterocycles. The van der Waals surface area contributed by atoms with E-state index in [9.17, 15) is 48.0 Å². The van der Waals surface area contributed by atoms with Gasteiger partial charge in [-0.2, -0.15) is 15.0 Å². The second-order valence-electron chi connectivity index (χ2n) is 22.4. The number of rotatable bonds is 40. The van der Waals surface area contributed by atoms with Gasteiger partial charge in [0.2, 0.25) is 31.2 Å². The lowest BCUT2D eigenvalue weighted by Gasteiger charge is -2.41. The van der Waals surface area contributed by atoms with Crippen molar-refractivity contribution in [2.75, 3.05) is 116 Å². The van der Waals surface area contributed by atoms with E-state index in [4.69, 9.17) is 25.5 Å². The maximum Gasteiger partial charge on any atom is 0.407 e. The first-order chi connectivity index (χ1) is 43.8. The number of aromatic hydroxyl groups is 1. The molecule has 0 aliphatic carbocycles. The van der Waals surface area contributed by atoms with Crippen LogP contribution < -0.4 is 25.6 Å². The predicted octanol–water partition coefficient (Wildman–Crippen LogP) is 7.53. The molecule has 1 fully saturated rings. The molecule has 92 heavy (non-hydrogen) atoms. The first-order valence-corrected chi connectivity index (χ1v) is 33.4. The number of nitrogens with zero attached hydrogens (tertiary/aromatic N) is 15. The number of nitrogens with one attached hydrogen (secondary N) is 1. The molecule has 1 aliphatic heterocycles. The number of Topliss-reactive ketones (excluding diaryl/α,β-unsaturated/α-hetero) is 5. The maximum absolute atomic E-state index is 13.6. The van der Waals surface area contributed by atoms with Crippen LogP contribution in [0.2, 0.25) is 0 Å². The minimum absolute atomic E-state index is 0.0108. The summed E-state index contributed by atoms with van der Waals surface area (Å²) in [5.41, 5.74) is 14.9. The van der Waals surface area contributed by atoms with Gasteiger partial charge in [0.05, 0.1) is 40.7 Å². The van der Waals surface area contributed by atoms with Crippen molar-refractivity contribution in [2.45, 2.75) is 144 Å². The van der Waals surface area contributed by atoms with Gasteiger partial charge in [0.1, 0.15) is 47.4 Å². The van der Waals surface area contributed by atoms with Crippen LogP contribution in [-0.2, 0) is 60.6 Å². The summed E-state index contributed by atoms with van der Waals surface area (Å²) in [6, 6.07) is 7.01. The van der Waals surface area contributed by atoms with E-state index >= 15 is 0 Å². The number of phenolic OH excluding ortho intramolecular Hbond substituents is 1. The van der Waals surface area contributed by atoms with Gasteiger partial charge in [0, 0.05) is 141 Å². The molecule has 4 heterocycles. The molecule has 30 nitrogen and oxygen atoms in total. The van der Waals surface area contributed by atoms with Gasteiger partial charge in [0.15, 0.2) is 0 Å². The van der Waals surface area contributed by atoms with Crippen LogP contribution in [0.25, 0.3) is 21.3 Å². The minimum Gasteiger partial charge on any atom is -0.507 e. The van der Waals surface area contributed by atoms with E-state index in [0.717, 1.165) is 36.8 Å². The number of likely N-dealkylation sites (N-methyl/N-ethyl adjacent to an activating group) is 1. The Bertz CT molecular complexity index is 3140. The van der Waals surface area contributed by atoms with Gasteiger partial charge in [-0.15, -0.1) is 5.10 Å². The fourth-order valence-electron chi connectivity index (χ4n) is 8.91. The molecule has 0 bridgehead atoms. The number of halogens is 1. The molecule has 4 aromatic rings. The second kappa shape index (κ2) is 42.6. The van der Waals surface area contributed by atoms with Crippen LogP contribution >= 0.6 is 23.4 Å². The highest BCUT2D eigenvalue weighted by atomic mass is 79.9. The van der Waals surface area contributed by atoms with Gasteiger partial charge in [-0.25, -0.2) is 19.1 Å². The molecule has 0 spiro atoms. The molecule has 508 valence electrons. The Morgan fingerprint density at radius 1 is 0.815 bits per heavy atom. The molecule has 1 aromatic carbocycles. The predicted molar refractivity (Wildman–Crippen MR) is 350 cm³/mol. The molecular formula is C60H93BrN17O13P. The van der Waals surface area contributed by atoms with Gasteiger partial charge in [0.25, 0.3) is 0 Å². The lowest BCUT2D eigenvalue weighted by molar-refractivity contribution is -0.128. The fourth-order valence-corrected chi connectivity index (χ4v) is 11.7. The van der Waals surface area contributed by atoms with Crippen molar-refractivity contribution in [1.82, 2.24) is 54.5 Å². The number of nitrogens with two attached hydrogens (primary N) is 1. The number of benzene rings is 1. The Morgan fingerprint density at radius 3 is 2.13 bits per heavy atom. The Morgan fingerprint density at radius 2 is 1.49 bits per heavy atom. The summed E-state index contributed by atoms with van der Waals surface area (Å²) in [5.74, 6) is 0.438. The number of phenols is 1. The summed E-state index contributed by atoms with van der Waals surface area (Å²) in [6.45, 7) is 12.3. The number of ether oxygens (including phenoxy) is 3. The number of hydrogen-bond donors (Lipinski definition) is 3. The summed E-state index contributed by atoms with van der Waals surface area (Å²) in [7, 11) is 3.77. The average molecular weight is 1370 g/mol. The number of alkyl carbamates (subject to hydrolysis) is 1. The number of fused-ring (bicyclic) bond motifs is 1. The number of pyridine rings is 1. The van der Waals surface area contributed by atoms with Gasteiger partial charge in [-0.05, 0) is 107 Å². The summed E-state index contributed by atoms with van der Waals surface area (Å²) in [6.07, 6.45) is 10.00. The van der Waals surface area contributed by atoms with E-state index in [2.05, 4.69) is 68.4 Å². The number of azide groups is 1. The number of unbranched alkanes of at least 4 members (excludes halogenated alkanes) is 4.